The lowest BCUT2D eigenvalue weighted by molar-refractivity contribution is 0.217. The monoisotopic (exact) mass is 312 g/mol. The first-order chi connectivity index (χ1) is 9.83. The second-order valence-corrected chi connectivity index (χ2v) is 6.32. The van der Waals surface area contributed by atoms with Crippen LogP contribution >= 0.6 is 12.4 Å². The van der Waals surface area contributed by atoms with Gasteiger partial charge in [-0.3, -0.25) is 0 Å². The Kier molecular flexibility index (Phi) is 6.46. The van der Waals surface area contributed by atoms with Crippen LogP contribution in [0.15, 0.2) is 24.3 Å². The van der Waals surface area contributed by atoms with Crippen LogP contribution in [0.2, 0.25) is 0 Å². The molecule has 1 aliphatic heterocycles. The molecule has 2 aliphatic rings. The Labute approximate surface area is 133 Å². The molecule has 0 aromatic heterocycles. The molecule has 2 fully saturated rings. The Morgan fingerprint density at radius 1 is 1.10 bits per heavy atom. The molecule has 2 nitrogen and oxygen atoms in total. The largest absolute Gasteiger partial charge is 0.317 e. The third-order valence-corrected chi connectivity index (χ3v) is 4.94. The Morgan fingerprint density at radius 2 is 1.76 bits per heavy atom. The summed E-state index contributed by atoms with van der Waals surface area (Å²) in [6, 6.07) is 7.50. The normalized spacial score (nSPS) is 21.4. The van der Waals surface area contributed by atoms with Crippen LogP contribution in [0.3, 0.4) is 0 Å². The lowest BCUT2D eigenvalue weighted by atomic mass is 9.77. The van der Waals surface area contributed by atoms with Gasteiger partial charge in [0.05, 0.1) is 0 Å². The summed E-state index contributed by atoms with van der Waals surface area (Å²) < 4.78 is 13.1. The van der Waals surface area contributed by atoms with Gasteiger partial charge in [-0.05, 0) is 74.8 Å². The summed E-state index contributed by atoms with van der Waals surface area (Å²) in [6.45, 7) is 3.40. The second kappa shape index (κ2) is 8.11. The first-order valence-corrected chi connectivity index (χ1v) is 8.02. The molecular formula is C17H26ClFN2. The van der Waals surface area contributed by atoms with Gasteiger partial charge in [0.2, 0.25) is 0 Å². The molecule has 2 N–H and O–H groups in total. The van der Waals surface area contributed by atoms with Gasteiger partial charge in [0, 0.05) is 6.04 Å². The highest BCUT2D eigenvalue weighted by Gasteiger charge is 2.28. The van der Waals surface area contributed by atoms with Gasteiger partial charge in [-0.15, -0.1) is 12.4 Å². The van der Waals surface area contributed by atoms with E-state index in [0.717, 1.165) is 31.5 Å². The van der Waals surface area contributed by atoms with E-state index < -0.39 is 0 Å². The predicted molar refractivity (Wildman–Crippen MR) is 87.3 cm³/mol. The molecular weight excluding hydrogens is 287 g/mol. The quantitative estimate of drug-likeness (QED) is 0.866. The number of nitrogens with one attached hydrogen (secondary N) is 2. The molecule has 0 amide bonds. The lowest BCUT2D eigenvalue weighted by Crippen LogP contribution is -2.38. The van der Waals surface area contributed by atoms with Gasteiger partial charge in [-0.2, -0.15) is 0 Å². The first kappa shape index (κ1) is 16.7. The van der Waals surface area contributed by atoms with Crippen LogP contribution in [-0.2, 0) is 0 Å². The van der Waals surface area contributed by atoms with Crippen LogP contribution < -0.4 is 10.6 Å². The van der Waals surface area contributed by atoms with Crippen molar-refractivity contribution in [3.8, 4) is 0 Å². The highest BCUT2D eigenvalue weighted by Crippen LogP contribution is 2.37. The minimum absolute atomic E-state index is 0. The van der Waals surface area contributed by atoms with Crippen molar-refractivity contribution >= 4 is 12.4 Å². The molecule has 3 rings (SSSR count). The molecule has 1 aliphatic carbocycles. The smallest absolute Gasteiger partial charge is 0.123 e. The Hall–Kier alpha value is -0.640. The van der Waals surface area contributed by atoms with Gasteiger partial charge in [0.25, 0.3) is 0 Å². The summed E-state index contributed by atoms with van der Waals surface area (Å²) in [5.74, 6) is 1.39. The number of piperidine rings is 1. The zero-order valence-corrected chi connectivity index (χ0v) is 13.3. The predicted octanol–water partition coefficient (Wildman–Crippen LogP) is 3.68. The van der Waals surface area contributed by atoms with Crippen molar-refractivity contribution < 1.29 is 4.39 Å². The number of benzene rings is 1. The molecule has 21 heavy (non-hydrogen) atoms. The summed E-state index contributed by atoms with van der Waals surface area (Å²) in [5, 5.41) is 7.19. The van der Waals surface area contributed by atoms with Crippen molar-refractivity contribution in [1.29, 1.82) is 0 Å². The minimum Gasteiger partial charge on any atom is -0.317 e. The van der Waals surface area contributed by atoms with E-state index in [-0.39, 0.29) is 18.2 Å². The first-order valence-electron chi connectivity index (χ1n) is 8.02. The summed E-state index contributed by atoms with van der Waals surface area (Å²) in [6.07, 6.45) is 6.50. The van der Waals surface area contributed by atoms with E-state index in [2.05, 4.69) is 10.6 Å². The van der Waals surface area contributed by atoms with E-state index in [9.17, 15) is 4.39 Å². The molecule has 1 aromatic carbocycles. The van der Waals surface area contributed by atoms with Gasteiger partial charge in [-0.25, -0.2) is 4.39 Å². The maximum Gasteiger partial charge on any atom is 0.123 e. The van der Waals surface area contributed by atoms with Gasteiger partial charge in [0.1, 0.15) is 5.82 Å². The van der Waals surface area contributed by atoms with E-state index in [1.165, 1.54) is 37.7 Å². The SMILES string of the molecule is Cl.Fc1ccc(C(NCC2CCNCC2)C2CCC2)cc1. The second-order valence-electron chi connectivity index (χ2n) is 6.32. The molecule has 118 valence electrons. The zero-order chi connectivity index (χ0) is 13.8. The molecule has 1 unspecified atom stereocenters. The molecule has 1 atom stereocenters. The number of halogens is 2. The lowest BCUT2D eigenvalue weighted by Gasteiger charge is -2.36. The van der Waals surface area contributed by atoms with E-state index in [1.807, 2.05) is 12.1 Å². The molecule has 1 saturated carbocycles. The van der Waals surface area contributed by atoms with Crippen molar-refractivity contribution in [2.45, 2.75) is 38.1 Å². The van der Waals surface area contributed by atoms with Gasteiger partial charge in [-0.1, -0.05) is 18.6 Å². The van der Waals surface area contributed by atoms with Crippen molar-refractivity contribution in [3.63, 3.8) is 0 Å². The standard InChI is InChI=1S/C17H25FN2.ClH/c18-16-6-4-15(5-7-16)17(14-2-1-3-14)20-12-13-8-10-19-11-9-13;/h4-7,13-14,17,19-20H,1-3,8-12H2;1H. The summed E-state index contributed by atoms with van der Waals surface area (Å²) in [7, 11) is 0. The fourth-order valence-electron chi connectivity index (χ4n) is 3.38. The Morgan fingerprint density at radius 3 is 2.33 bits per heavy atom. The highest BCUT2D eigenvalue weighted by molar-refractivity contribution is 5.85. The van der Waals surface area contributed by atoms with Gasteiger partial charge in [0.15, 0.2) is 0 Å². The van der Waals surface area contributed by atoms with Crippen molar-refractivity contribution in [2.75, 3.05) is 19.6 Å². The van der Waals surface area contributed by atoms with Crippen LogP contribution in [-0.4, -0.2) is 19.6 Å². The fraction of sp³-hybridized carbons (Fsp3) is 0.647. The molecule has 1 saturated heterocycles. The molecule has 0 radical (unpaired) electrons. The average Bonchev–Trinajstić information content (AvgIpc) is 2.43. The van der Waals surface area contributed by atoms with Crippen LogP contribution in [0.5, 0.6) is 0 Å². The van der Waals surface area contributed by atoms with E-state index in [1.54, 1.807) is 12.1 Å². The fourth-order valence-corrected chi connectivity index (χ4v) is 3.38. The number of rotatable bonds is 5. The summed E-state index contributed by atoms with van der Waals surface area (Å²) >= 11 is 0. The third kappa shape index (κ3) is 4.41. The maximum atomic E-state index is 13.1. The molecule has 0 spiro atoms. The molecule has 0 bridgehead atoms. The van der Waals surface area contributed by atoms with Crippen molar-refractivity contribution in [3.05, 3.63) is 35.6 Å². The summed E-state index contributed by atoms with van der Waals surface area (Å²) in [5.41, 5.74) is 1.25. The highest BCUT2D eigenvalue weighted by atomic mass is 35.5. The topological polar surface area (TPSA) is 24.1 Å². The maximum absolute atomic E-state index is 13.1. The Balaban J connectivity index is 0.00000161. The van der Waals surface area contributed by atoms with Gasteiger partial charge < -0.3 is 10.6 Å². The number of hydrogen-bond acceptors (Lipinski definition) is 2. The third-order valence-electron chi connectivity index (χ3n) is 4.94. The summed E-state index contributed by atoms with van der Waals surface area (Å²) in [4.78, 5) is 0. The molecule has 1 aromatic rings. The van der Waals surface area contributed by atoms with E-state index >= 15 is 0 Å². The van der Waals surface area contributed by atoms with Crippen LogP contribution in [0.1, 0.15) is 43.7 Å². The van der Waals surface area contributed by atoms with Crippen LogP contribution in [0, 0.1) is 17.7 Å². The molecule has 4 heteroatoms. The zero-order valence-electron chi connectivity index (χ0n) is 12.5. The van der Waals surface area contributed by atoms with Crippen LogP contribution in [0.4, 0.5) is 4.39 Å². The number of hydrogen-bond donors (Lipinski definition) is 2. The van der Waals surface area contributed by atoms with Gasteiger partial charge >= 0.3 is 0 Å². The average molecular weight is 313 g/mol. The molecule has 1 heterocycles. The van der Waals surface area contributed by atoms with E-state index in [4.69, 9.17) is 0 Å². The van der Waals surface area contributed by atoms with Crippen molar-refractivity contribution in [2.24, 2.45) is 11.8 Å². The van der Waals surface area contributed by atoms with E-state index in [0.29, 0.717) is 6.04 Å². The van der Waals surface area contributed by atoms with Crippen LogP contribution in [0.25, 0.3) is 0 Å². The van der Waals surface area contributed by atoms with Crippen molar-refractivity contribution in [1.82, 2.24) is 10.6 Å². The minimum atomic E-state index is -0.139. The Bertz CT molecular complexity index is 413.